The van der Waals surface area contributed by atoms with Gasteiger partial charge in [0.05, 0.1) is 0 Å². The smallest absolute Gasteiger partial charge is 0.435 e. The second-order valence-corrected chi connectivity index (χ2v) is 6.75. The molecule has 138 valence electrons. The topological polar surface area (TPSA) is 63.6 Å². The molecule has 0 aliphatic carbocycles. The fraction of sp³-hybridized carbons (Fsp3) is 0.143. The Morgan fingerprint density at radius 3 is 1.76 bits per heavy atom. The van der Waals surface area contributed by atoms with Crippen molar-refractivity contribution in [1.82, 2.24) is 0 Å². The first kappa shape index (κ1) is 21.2. The largest absolute Gasteiger partial charge is 0.522 e. The number of ether oxygens (including phenoxy) is 1. The van der Waals surface area contributed by atoms with Crippen LogP contribution in [0.1, 0.15) is 0 Å². The summed E-state index contributed by atoms with van der Waals surface area (Å²) < 4.78 is 85.7. The molecule has 0 radical (unpaired) electrons. The van der Waals surface area contributed by atoms with E-state index in [-0.39, 0.29) is 5.75 Å². The van der Waals surface area contributed by atoms with E-state index in [1.165, 1.54) is 12.1 Å². The maximum absolute atomic E-state index is 11.9. The van der Waals surface area contributed by atoms with Gasteiger partial charge in [0.25, 0.3) is 0 Å². The molecule has 25 heavy (non-hydrogen) atoms. The predicted molar refractivity (Wildman–Crippen MR) is 81.2 cm³/mol. The van der Waals surface area contributed by atoms with Crippen molar-refractivity contribution in [3.8, 4) is 5.75 Å². The molecule has 2 aromatic rings. The fourth-order valence-electron chi connectivity index (χ4n) is 1.31. The van der Waals surface area contributed by atoms with E-state index in [2.05, 4.69) is 4.74 Å². The van der Waals surface area contributed by atoms with E-state index in [1.54, 1.807) is 23.9 Å². The monoisotopic (exact) mass is 402 g/mol. The molecular weight excluding hydrogens is 391 g/mol. The van der Waals surface area contributed by atoms with Gasteiger partial charge in [0, 0.05) is 9.79 Å². The third kappa shape index (κ3) is 8.18. The summed E-state index contributed by atoms with van der Waals surface area (Å²) in [4.78, 5) is 2.09. The van der Waals surface area contributed by atoms with Crippen LogP contribution in [-0.4, -0.2) is 25.1 Å². The molecule has 1 N–H and O–H groups in total. The number of halogens is 5. The molecule has 0 atom stereocenters. The van der Waals surface area contributed by atoms with Crippen molar-refractivity contribution in [1.29, 1.82) is 0 Å². The maximum Gasteiger partial charge on any atom is 0.522 e. The van der Waals surface area contributed by atoms with Crippen LogP contribution >= 0.6 is 11.8 Å². The lowest BCUT2D eigenvalue weighted by Crippen LogP contribution is -2.21. The summed E-state index contributed by atoms with van der Waals surface area (Å²) >= 11 is 1.57. The number of rotatable bonds is 4. The zero-order chi connectivity index (χ0) is 19.1. The molecule has 0 fully saturated rings. The quantitative estimate of drug-likeness (QED) is 0.451. The lowest BCUT2D eigenvalue weighted by Gasteiger charge is -2.05. The Balaban J connectivity index is 0.000000333. The van der Waals surface area contributed by atoms with Gasteiger partial charge in [-0.05, 0) is 36.4 Å². The van der Waals surface area contributed by atoms with Gasteiger partial charge in [-0.25, -0.2) is 0 Å². The summed E-state index contributed by atoms with van der Waals surface area (Å²) in [6.07, 6.45) is 0. The van der Waals surface area contributed by atoms with Crippen molar-refractivity contribution in [2.75, 3.05) is 0 Å². The first-order valence-electron chi connectivity index (χ1n) is 6.30. The molecule has 2 aromatic carbocycles. The Bertz CT molecular complexity index is 747. The van der Waals surface area contributed by atoms with Gasteiger partial charge in [-0.2, -0.15) is 30.4 Å². The van der Waals surface area contributed by atoms with E-state index in [1.807, 2.05) is 30.3 Å². The van der Waals surface area contributed by atoms with Crippen molar-refractivity contribution in [3.05, 3.63) is 54.6 Å². The molecule has 0 saturated heterocycles. The van der Waals surface area contributed by atoms with Crippen molar-refractivity contribution in [2.24, 2.45) is 0 Å². The third-order valence-electron chi connectivity index (χ3n) is 2.32. The highest BCUT2D eigenvalue weighted by Gasteiger charge is 2.44. The van der Waals surface area contributed by atoms with E-state index >= 15 is 0 Å². The van der Waals surface area contributed by atoms with E-state index in [0.717, 1.165) is 9.79 Å². The van der Waals surface area contributed by atoms with Gasteiger partial charge < -0.3 is 4.74 Å². The van der Waals surface area contributed by atoms with Crippen molar-refractivity contribution in [2.45, 2.75) is 21.9 Å². The van der Waals surface area contributed by atoms with E-state index in [9.17, 15) is 22.0 Å². The second-order valence-electron chi connectivity index (χ2n) is 4.19. The minimum atomic E-state index is -5.84. The molecule has 0 bridgehead atoms. The standard InChI is InChI=1S/C13H10F2OS.CHF3O3S/c14-13(15)16-10-6-8-12(9-7-10)17-11-4-2-1-3-5-11;2-1(3,4)8(5,6)7/h1-9,13H;(H,5,6,7). The molecule has 0 unspecified atom stereocenters. The minimum absolute atomic E-state index is 0.178. The van der Waals surface area contributed by atoms with Crippen LogP contribution in [-0.2, 0) is 10.1 Å². The number of hydrogen-bond donors (Lipinski definition) is 1. The SMILES string of the molecule is FC(F)Oc1ccc(Sc2ccccc2)cc1.O=S(=O)(O)C(F)(F)F. The van der Waals surface area contributed by atoms with E-state index in [4.69, 9.17) is 13.0 Å². The highest BCUT2D eigenvalue weighted by Crippen LogP contribution is 2.28. The Morgan fingerprint density at radius 2 is 1.36 bits per heavy atom. The normalized spacial score (nSPS) is 11.6. The molecule has 0 aliphatic heterocycles. The zero-order valence-electron chi connectivity index (χ0n) is 12.2. The first-order valence-corrected chi connectivity index (χ1v) is 8.56. The summed E-state index contributed by atoms with van der Waals surface area (Å²) in [5, 5.41) is 0. The molecule has 11 heteroatoms. The van der Waals surface area contributed by atoms with Gasteiger partial charge in [-0.3, -0.25) is 4.55 Å². The predicted octanol–water partition coefficient (Wildman–Crippen LogP) is 4.83. The summed E-state index contributed by atoms with van der Waals surface area (Å²) in [5.74, 6) is 0.178. The van der Waals surface area contributed by atoms with Crippen molar-refractivity contribution < 1.29 is 39.7 Å². The van der Waals surface area contributed by atoms with Crippen LogP contribution in [0.5, 0.6) is 5.75 Å². The van der Waals surface area contributed by atoms with Crippen LogP contribution in [0.4, 0.5) is 22.0 Å². The average Bonchev–Trinajstić information content (AvgIpc) is 2.48. The Hall–Kier alpha value is -1.85. The Kier molecular flexibility index (Phi) is 7.64. The maximum atomic E-state index is 11.9. The summed E-state index contributed by atoms with van der Waals surface area (Å²) in [6, 6.07) is 16.4. The fourth-order valence-corrected chi connectivity index (χ4v) is 2.15. The van der Waals surface area contributed by atoms with Crippen LogP contribution in [0.3, 0.4) is 0 Å². The van der Waals surface area contributed by atoms with Crippen LogP contribution in [0.15, 0.2) is 64.4 Å². The zero-order valence-corrected chi connectivity index (χ0v) is 13.8. The van der Waals surface area contributed by atoms with Crippen LogP contribution in [0.25, 0.3) is 0 Å². The molecule has 0 spiro atoms. The molecule has 0 aromatic heterocycles. The van der Waals surface area contributed by atoms with Crippen LogP contribution < -0.4 is 4.74 Å². The molecular formula is C14H11F5O4S2. The minimum Gasteiger partial charge on any atom is -0.435 e. The van der Waals surface area contributed by atoms with Crippen LogP contribution in [0.2, 0.25) is 0 Å². The lowest BCUT2D eigenvalue weighted by molar-refractivity contribution is -0.0512. The summed E-state index contributed by atoms with van der Waals surface area (Å²) in [6.45, 7) is -2.78. The van der Waals surface area contributed by atoms with Gasteiger partial charge in [-0.15, -0.1) is 0 Å². The number of hydrogen-bond acceptors (Lipinski definition) is 4. The van der Waals surface area contributed by atoms with Gasteiger partial charge >= 0.3 is 22.2 Å². The van der Waals surface area contributed by atoms with Gasteiger partial charge in [-0.1, -0.05) is 30.0 Å². The number of benzene rings is 2. The molecule has 2 rings (SSSR count). The molecule has 0 heterocycles. The van der Waals surface area contributed by atoms with Gasteiger partial charge in [0.2, 0.25) is 0 Å². The van der Waals surface area contributed by atoms with Crippen molar-refractivity contribution in [3.63, 3.8) is 0 Å². The Labute approximate surface area is 144 Å². The lowest BCUT2D eigenvalue weighted by atomic mass is 10.3. The second kappa shape index (κ2) is 9.02. The average molecular weight is 402 g/mol. The third-order valence-corrected chi connectivity index (χ3v) is 3.92. The molecule has 4 nitrogen and oxygen atoms in total. The Morgan fingerprint density at radius 1 is 0.920 bits per heavy atom. The molecule has 0 aliphatic rings. The number of alkyl halides is 5. The van der Waals surface area contributed by atoms with Crippen molar-refractivity contribution >= 4 is 21.9 Å². The summed E-state index contributed by atoms with van der Waals surface area (Å²) in [5.41, 5.74) is -5.53. The van der Waals surface area contributed by atoms with Crippen LogP contribution in [0, 0.1) is 0 Å². The van der Waals surface area contributed by atoms with E-state index < -0.39 is 22.2 Å². The molecule has 0 saturated carbocycles. The molecule has 0 amide bonds. The summed E-state index contributed by atoms with van der Waals surface area (Å²) in [7, 11) is -5.84. The highest BCUT2D eigenvalue weighted by molar-refractivity contribution is 7.99. The highest BCUT2D eigenvalue weighted by atomic mass is 32.2. The first-order chi connectivity index (χ1) is 11.5. The van der Waals surface area contributed by atoms with E-state index in [0.29, 0.717) is 0 Å². The van der Waals surface area contributed by atoms with Gasteiger partial charge in [0.15, 0.2) is 0 Å². The van der Waals surface area contributed by atoms with Gasteiger partial charge in [0.1, 0.15) is 5.75 Å².